The second-order valence-electron chi connectivity index (χ2n) is 10.7. The Labute approximate surface area is 232 Å². The summed E-state index contributed by atoms with van der Waals surface area (Å²) < 4.78 is 11.5. The first kappa shape index (κ1) is 24.8. The SMILES string of the molecule is CN(c1nc(Nc2cnc3c(c2)N2C(=O)CC[C@H]2CO3)ncc1-c1ccc(N2CCCC2=O)cc1)C1CCOC1. The molecule has 3 saturated heterocycles. The van der Waals surface area contributed by atoms with Crippen LogP contribution in [0.5, 0.6) is 5.88 Å². The molecule has 2 aromatic heterocycles. The summed E-state index contributed by atoms with van der Waals surface area (Å²) in [6.45, 7) is 2.59. The summed E-state index contributed by atoms with van der Waals surface area (Å²) >= 11 is 0. The number of benzene rings is 1. The van der Waals surface area contributed by atoms with Gasteiger partial charge in [-0.25, -0.2) is 9.97 Å². The largest absolute Gasteiger partial charge is 0.474 e. The molecule has 2 amide bonds. The van der Waals surface area contributed by atoms with Gasteiger partial charge >= 0.3 is 0 Å². The van der Waals surface area contributed by atoms with Crippen molar-refractivity contribution in [1.82, 2.24) is 15.0 Å². The van der Waals surface area contributed by atoms with Crippen molar-refractivity contribution in [2.75, 3.05) is 53.4 Å². The average molecular weight is 542 g/mol. The molecule has 7 rings (SSSR count). The molecule has 11 heteroatoms. The van der Waals surface area contributed by atoms with Gasteiger partial charge in [-0.3, -0.25) is 9.59 Å². The minimum Gasteiger partial charge on any atom is -0.474 e. The van der Waals surface area contributed by atoms with E-state index in [1.807, 2.05) is 48.5 Å². The average Bonchev–Trinajstić information content (AvgIpc) is 3.75. The van der Waals surface area contributed by atoms with Gasteiger partial charge in [-0.05, 0) is 43.0 Å². The van der Waals surface area contributed by atoms with Gasteiger partial charge in [-0.15, -0.1) is 0 Å². The van der Waals surface area contributed by atoms with Crippen LogP contribution in [0.1, 0.15) is 32.1 Å². The minimum atomic E-state index is 0.0523. The lowest BCUT2D eigenvalue weighted by Gasteiger charge is -2.31. The van der Waals surface area contributed by atoms with Gasteiger partial charge in [-0.2, -0.15) is 4.98 Å². The van der Waals surface area contributed by atoms with Crippen LogP contribution in [0.3, 0.4) is 0 Å². The Balaban J connectivity index is 1.20. The Bertz CT molecular complexity index is 1460. The molecule has 1 unspecified atom stereocenters. The van der Waals surface area contributed by atoms with Crippen molar-refractivity contribution in [2.45, 2.75) is 44.2 Å². The summed E-state index contributed by atoms with van der Waals surface area (Å²) in [7, 11) is 2.03. The van der Waals surface area contributed by atoms with Crippen molar-refractivity contribution in [3.63, 3.8) is 0 Å². The van der Waals surface area contributed by atoms with E-state index in [9.17, 15) is 9.59 Å². The summed E-state index contributed by atoms with van der Waals surface area (Å²) in [4.78, 5) is 44.6. The molecular formula is C29H31N7O4. The maximum atomic E-state index is 12.5. The summed E-state index contributed by atoms with van der Waals surface area (Å²) in [5, 5.41) is 3.28. The number of hydrogen-bond donors (Lipinski definition) is 1. The quantitative estimate of drug-likeness (QED) is 0.501. The fourth-order valence-electron chi connectivity index (χ4n) is 5.98. The van der Waals surface area contributed by atoms with Gasteiger partial charge in [0.15, 0.2) is 0 Å². The normalized spacial score (nSPS) is 21.8. The zero-order valence-corrected chi connectivity index (χ0v) is 22.4. The molecule has 206 valence electrons. The van der Waals surface area contributed by atoms with Crippen molar-refractivity contribution < 1.29 is 19.1 Å². The van der Waals surface area contributed by atoms with Gasteiger partial charge in [0.05, 0.1) is 30.6 Å². The Morgan fingerprint density at radius 2 is 1.90 bits per heavy atom. The van der Waals surface area contributed by atoms with E-state index in [1.165, 1.54) is 0 Å². The molecule has 0 bridgehead atoms. The summed E-state index contributed by atoms with van der Waals surface area (Å²) in [6.07, 6.45) is 7.21. The molecule has 3 aromatic rings. The fourth-order valence-corrected chi connectivity index (χ4v) is 5.98. The zero-order chi connectivity index (χ0) is 27.2. The van der Waals surface area contributed by atoms with Crippen LogP contribution in [0.4, 0.5) is 28.8 Å². The first-order valence-corrected chi connectivity index (χ1v) is 13.9. The van der Waals surface area contributed by atoms with Crippen LogP contribution in [0, 0.1) is 0 Å². The third kappa shape index (κ3) is 4.40. The maximum Gasteiger partial charge on any atom is 0.238 e. The number of anilines is 5. The molecule has 0 radical (unpaired) electrons. The third-order valence-electron chi connectivity index (χ3n) is 8.21. The molecule has 4 aliphatic rings. The fraction of sp³-hybridized carbons (Fsp3) is 0.414. The third-order valence-corrected chi connectivity index (χ3v) is 8.21. The van der Waals surface area contributed by atoms with E-state index in [0.29, 0.717) is 49.3 Å². The number of rotatable bonds is 6. The van der Waals surface area contributed by atoms with E-state index in [2.05, 4.69) is 20.2 Å². The van der Waals surface area contributed by atoms with E-state index >= 15 is 0 Å². The first-order valence-electron chi connectivity index (χ1n) is 13.9. The van der Waals surface area contributed by atoms with E-state index in [0.717, 1.165) is 55.0 Å². The molecular weight excluding hydrogens is 510 g/mol. The first-order chi connectivity index (χ1) is 19.5. The second kappa shape index (κ2) is 10.1. The number of aromatic nitrogens is 3. The zero-order valence-electron chi connectivity index (χ0n) is 22.4. The highest BCUT2D eigenvalue weighted by Gasteiger charge is 2.38. The maximum absolute atomic E-state index is 12.5. The van der Waals surface area contributed by atoms with E-state index in [1.54, 1.807) is 11.1 Å². The minimum absolute atomic E-state index is 0.0523. The van der Waals surface area contributed by atoms with Crippen LogP contribution in [-0.2, 0) is 14.3 Å². The van der Waals surface area contributed by atoms with Crippen molar-refractivity contribution in [2.24, 2.45) is 0 Å². The highest BCUT2D eigenvalue weighted by molar-refractivity contribution is 5.98. The number of likely N-dealkylation sites (N-methyl/N-ethyl adjacent to an activating group) is 1. The van der Waals surface area contributed by atoms with Crippen LogP contribution in [0.15, 0.2) is 42.7 Å². The van der Waals surface area contributed by atoms with Crippen molar-refractivity contribution in [3.8, 4) is 17.0 Å². The van der Waals surface area contributed by atoms with Gasteiger partial charge in [0.25, 0.3) is 0 Å². The van der Waals surface area contributed by atoms with Crippen molar-refractivity contribution in [3.05, 3.63) is 42.7 Å². The number of carbonyl (C=O) groups excluding carboxylic acids is 2. The monoisotopic (exact) mass is 541 g/mol. The molecule has 4 aliphatic heterocycles. The van der Waals surface area contributed by atoms with E-state index < -0.39 is 0 Å². The number of pyridine rings is 1. The number of nitrogens with one attached hydrogen (secondary N) is 1. The van der Waals surface area contributed by atoms with Crippen LogP contribution >= 0.6 is 0 Å². The van der Waals surface area contributed by atoms with Crippen LogP contribution < -0.4 is 24.8 Å². The predicted octanol–water partition coefficient (Wildman–Crippen LogP) is 3.52. The number of hydrogen-bond acceptors (Lipinski definition) is 9. The molecule has 1 aromatic carbocycles. The molecule has 2 atom stereocenters. The second-order valence-corrected chi connectivity index (χ2v) is 10.7. The van der Waals surface area contributed by atoms with Gasteiger partial charge < -0.3 is 29.5 Å². The Hall–Kier alpha value is -4.25. The number of amides is 2. The van der Waals surface area contributed by atoms with E-state index in [-0.39, 0.29) is 23.9 Å². The Morgan fingerprint density at radius 1 is 1.02 bits per heavy atom. The van der Waals surface area contributed by atoms with Crippen molar-refractivity contribution in [1.29, 1.82) is 0 Å². The summed E-state index contributed by atoms with van der Waals surface area (Å²) in [5.41, 5.74) is 4.12. The van der Waals surface area contributed by atoms with Gasteiger partial charge in [0.1, 0.15) is 18.1 Å². The highest BCUT2D eigenvalue weighted by Crippen LogP contribution is 2.39. The van der Waals surface area contributed by atoms with Crippen LogP contribution in [0.25, 0.3) is 11.1 Å². The van der Waals surface area contributed by atoms with Gasteiger partial charge in [-0.1, -0.05) is 12.1 Å². The van der Waals surface area contributed by atoms with Crippen LogP contribution in [0.2, 0.25) is 0 Å². The predicted molar refractivity (Wildman–Crippen MR) is 150 cm³/mol. The van der Waals surface area contributed by atoms with Crippen LogP contribution in [-0.4, -0.2) is 72.3 Å². The smallest absolute Gasteiger partial charge is 0.238 e. The number of nitrogens with zero attached hydrogens (tertiary/aromatic N) is 6. The molecule has 6 heterocycles. The summed E-state index contributed by atoms with van der Waals surface area (Å²) in [5.74, 6) is 1.93. The van der Waals surface area contributed by atoms with Gasteiger partial charge in [0.2, 0.25) is 23.6 Å². The number of ether oxygens (including phenoxy) is 2. The standard InChI is InChI=1S/C29H31N7O4/c1-34(21-10-12-39-16-21)27-23(18-4-6-20(7-5-18)35-11-2-3-25(35)37)15-31-29(33-27)32-19-13-24-28(30-14-19)40-17-22-8-9-26(38)36(22)24/h4-7,13-15,21-22H,2-3,8-12,16-17H2,1H3,(H,31,32,33)/t21?,22-/m0/s1. The highest BCUT2D eigenvalue weighted by atomic mass is 16.5. The molecule has 0 aliphatic carbocycles. The van der Waals surface area contributed by atoms with Gasteiger partial charge in [0, 0.05) is 50.5 Å². The molecule has 40 heavy (non-hydrogen) atoms. The topological polar surface area (TPSA) is 113 Å². The molecule has 0 spiro atoms. The van der Waals surface area contributed by atoms with E-state index in [4.69, 9.17) is 14.5 Å². The lowest BCUT2D eigenvalue weighted by atomic mass is 10.1. The molecule has 11 nitrogen and oxygen atoms in total. The number of fused-ring (bicyclic) bond motifs is 3. The molecule has 1 N–H and O–H groups in total. The summed E-state index contributed by atoms with van der Waals surface area (Å²) in [6, 6.07) is 10.1. The van der Waals surface area contributed by atoms with Crippen molar-refractivity contribution >= 4 is 40.6 Å². The molecule has 3 fully saturated rings. The number of carbonyl (C=O) groups is 2. The Morgan fingerprint density at radius 3 is 2.67 bits per heavy atom. The lowest BCUT2D eigenvalue weighted by Crippen LogP contribution is -2.40. The molecule has 0 saturated carbocycles. The lowest BCUT2D eigenvalue weighted by molar-refractivity contribution is -0.118. The Kier molecular flexibility index (Phi) is 6.22.